The predicted octanol–water partition coefficient (Wildman–Crippen LogP) is 2.40. The molecule has 28 heavy (non-hydrogen) atoms. The first kappa shape index (κ1) is 24.7. The Morgan fingerprint density at radius 3 is 2.46 bits per heavy atom. The van der Waals surface area contributed by atoms with Crippen molar-refractivity contribution in [1.29, 1.82) is 0 Å². The van der Waals surface area contributed by atoms with Gasteiger partial charge in [0, 0.05) is 66.0 Å². The summed E-state index contributed by atoms with van der Waals surface area (Å²) in [5.74, 6) is 1.73. The van der Waals surface area contributed by atoms with Gasteiger partial charge in [0.05, 0.1) is 0 Å². The number of benzene rings is 1. The number of carbonyl (C=O) groups is 1. The molecular weight excluding hydrogens is 465 g/mol. The number of halogens is 1. The van der Waals surface area contributed by atoms with E-state index >= 15 is 0 Å². The lowest BCUT2D eigenvalue weighted by Crippen LogP contribution is -2.53. The van der Waals surface area contributed by atoms with Gasteiger partial charge in [-0.25, -0.2) is 0 Å². The molecule has 2 rings (SSSR count). The van der Waals surface area contributed by atoms with E-state index in [-0.39, 0.29) is 29.9 Å². The lowest BCUT2D eigenvalue weighted by molar-refractivity contribution is 0.0827. The highest BCUT2D eigenvalue weighted by atomic mass is 127. The van der Waals surface area contributed by atoms with Crippen LogP contribution in [0.15, 0.2) is 29.3 Å². The molecule has 7 heteroatoms. The fourth-order valence-corrected chi connectivity index (χ4v) is 3.43. The topological polar surface area (TPSA) is 51.2 Å². The number of guanidine groups is 1. The molecule has 158 valence electrons. The van der Waals surface area contributed by atoms with E-state index in [1.807, 2.05) is 25.2 Å². The number of aliphatic imine (C=N–C) groups is 1. The third kappa shape index (κ3) is 7.58. The average Bonchev–Trinajstić information content (AvgIpc) is 2.65. The van der Waals surface area contributed by atoms with E-state index in [2.05, 4.69) is 40.0 Å². The maximum absolute atomic E-state index is 12.1. The first-order valence-corrected chi connectivity index (χ1v) is 9.89. The third-order valence-corrected chi connectivity index (χ3v) is 4.78. The smallest absolute Gasteiger partial charge is 0.253 e. The summed E-state index contributed by atoms with van der Waals surface area (Å²) in [7, 11) is 5.40. The highest BCUT2D eigenvalue weighted by Crippen LogP contribution is 2.09. The van der Waals surface area contributed by atoms with E-state index < -0.39 is 0 Å². The van der Waals surface area contributed by atoms with E-state index in [0.717, 1.165) is 56.2 Å². The zero-order valence-electron chi connectivity index (χ0n) is 17.9. The van der Waals surface area contributed by atoms with Gasteiger partial charge in [-0.2, -0.15) is 0 Å². The standard InChI is InChI=1S/C21H35N5O.HI/c1-17(2)16-25-11-13-26(14-12-25)21(22-3)23-10-9-18-7-6-8-19(15-18)20(27)24(4)5;/h6-8,15,17H,9-14,16H2,1-5H3,(H,22,23);1H. The van der Waals surface area contributed by atoms with Crippen LogP contribution in [0.1, 0.15) is 29.8 Å². The van der Waals surface area contributed by atoms with Gasteiger partial charge in [0.25, 0.3) is 5.91 Å². The minimum absolute atomic E-state index is 0. The summed E-state index contributed by atoms with van der Waals surface area (Å²) in [5.41, 5.74) is 1.90. The van der Waals surface area contributed by atoms with E-state index in [0.29, 0.717) is 5.92 Å². The molecule has 1 aromatic rings. The highest BCUT2D eigenvalue weighted by Gasteiger charge is 2.19. The molecule has 1 amide bonds. The Labute approximate surface area is 187 Å². The number of piperazine rings is 1. The summed E-state index contributed by atoms with van der Waals surface area (Å²) in [6.45, 7) is 10.7. The molecule has 0 aromatic heterocycles. The third-order valence-electron chi connectivity index (χ3n) is 4.78. The second-order valence-corrected chi connectivity index (χ2v) is 7.81. The molecule has 1 aromatic carbocycles. The molecule has 1 aliphatic heterocycles. The van der Waals surface area contributed by atoms with E-state index in [1.54, 1.807) is 19.0 Å². The van der Waals surface area contributed by atoms with Gasteiger partial charge < -0.3 is 15.1 Å². The number of nitrogens with one attached hydrogen (secondary N) is 1. The van der Waals surface area contributed by atoms with Crippen LogP contribution < -0.4 is 5.32 Å². The van der Waals surface area contributed by atoms with E-state index in [9.17, 15) is 4.79 Å². The van der Waals surface area contributed by atoms with Crippen molar-refractivity contribution in [3.63, 3.8) is 0 Å². The summed E-state index contributed by atoms with van der Waals surface area (Å²) in [6.07, 6.45) is 0.862. The number of amides is 1. The highest BCUT2D eigenvalue weighted by molar-refractivity contribution is 14.0. The second-order valence-electron chi connectivity index (χ2n) is 7.81. The Kier molecular flexibility index (Phi) is 10.8. The van der Waals surface area contributed by atoms with Crippen molar-refractivity contribution in [2.24, 2.45) is 10.9 Å². The fraction of sp³-hybridized carbons (Fsp3) is 0.619. The van der Waals surface area contributed by atoms with E-state index in [4.69, 9.17) is 0 Å². The molecule has 1 saturated heterocycles. The summed E-state index contributed by atoms with van der Waals surface area (Å²) in [5, 5.41) is 3.48. The van der Waals surface area contributed by atoms with Crippen molar-refractivity contribution in [2.45, 2.75) is 20.3 Å². The number of rotatable bonds is 6. The van der Waals surface area contributed by atoms with Gasteiger partial charge in [-0.15, -0.1) is 24.0 Å². The Morgan fingerprint density at radius 1 is 1.21 bits per heavy atom. The molecule has 0 aliphatic carbocycles. The maximum atomic E-state index is 12.1. The first-order chi connectivity index (χ1) is 12.9. The largest absolute Gasteiger partial charge is 0.356 e. The van der Waals surface area contributed by atoms with Crippen LogP contribution in [0.4, 0.5) is 0 Å². The lowest BCUT2D eigenvalue weighted by atomic mass is 10.1. The minimum atomic E-state index is 0. The van der Waals surface area contributed by atoms with Gasteiger partial charge in [0.15, 0.2) is 5.96 Å². The average molecular weight is 501 g/mol. The van der Waals surface area contributed by atoms with Crippen molar-refractivity contribution in [2.75, 3.05) is 60.4 Å². The van der Waals surface area contributed by atoms with Crippen LogP contribution in [0, 0.1) is 5.92 Å². The summed E-state index contributed by atoms with van der Waals surface area (Å²) < 4.78 is 0. The summed E-state index contributed by atoms with van der Waals surface area (Å²) in [6, 6.07) is 7.88. The Bertz CT molecular complexity index is 639. The fourth-order valence-electron chi connectivity index (χ4n) is 3.43. The Balaban J connectivity index is 0.00000392. The van der Waals surface area contributed by atoms with Crippen LogP contribution in [0.25, 0.3) is 0 Å². The summed E-state index contributed by atoms with van der Waals surface area (Å²) in [4.78, 5) is 23.0. The molecule has 6 nitrogen and oxygen atoms in total. The van der Waals surface area contributed by atoms with E-state index in [1.165, 1.54) is 6.54 Å². The maximum Gasteiger partial charge on any atom is 0.253 e. The van der Waals surface area contributed by atoms with Crippen molar-refractivity contribution in [3.8, 4) is 0 Å². The SMILES string of the molecule is CN=C(NCCc1cccc(C(=O)N(C)C)c1)N1CCN(CC(C)C)CC1.I. The van der Waals surface area contributed by atoms with Crippen LogP contribution in [0.2, 0.25) is 0 Å². The van der Waals surface area contributed by atoms with Gasteiger partial charge in [-0.3, -0.25) is 14.7 Å². The molecule has 1 heterocycles. The second kappa shape index (κ2) is 12.3. The van der Waals surface area contributed by atoms with Crippen molar-refractivity contribution in [1.82, 2.24) is 20.0 Å². The number of hydrogen-bond donors (Lipinski definition) is 1. The number of carbonyl (C=O) groups excluding carboxylic acids is 1. The van der Waals surface area contributed by atoms with Crippen molar-refractivity contribution in [3.05, 3.63) is 35.4 Å². The zero-order valence-corrected chi connectivity index (χ0v) is 20.3. The molecule has 1 N–H and O–H groups in total. The van der Waals surface area contributed by atoms with Gasteiger partial charge in [0.1, 0.15) is 0 Å². The predicted molar refractivity (Wildman–Crippen MR) is 128 cm³/mol. The summed E-state index contributed by atoms with van der Waals surface area (Å²) >= 11 is 0. The Hall–Kier alpha value is -1.35. The van der Waals surface area contributed by atoms with Crippen LogP contribution >= 0.6 is 24.0 Å². The van der Waals surface area contributed by atoms with Crippen LogP contribution in [-0.4, -0.2) is 87.0 Å². The van der Waals surface area contributed by atoms with Crippen molar-refractivity contribution < 1.29 is 4.79 Å². The van der Waals surface area contributed by atoms with Gasteiger partial charge >= 0.3 is 0 Å². The van der Waals surface area contributed by atoms with Crippen LogP contribution in [-0.2, 0) is 6.42 Å². The number of hydrogen-bond acceptors (Lipinski definition) is 3. The molecule has 1 aliphatic rings. The zero-order chi connectivity index (χ0) is 19.8. The number of nitrogens with zero attached hydrogens (tertiary/aromatic N) is 4. The molecular formula is C21H36IN5O. The monoisotopic (exact) mass is 501 g/mol. The molecule has 0 saturated carbocycles. The Morgan fingerprint density at radius 2 is 1.89 bits per heavy atom. The first-order valence-electron chi connectivity index (χ1n) is 9.89. The van der Waals surface area contributed by atoms with Crippen LogP contribution in [0.5, 0.6) is 0 Å². The molecule has 0 spiro atoms. The normalized spacial score (nSPS) is 15.4. The van der Waals surface area contributed by atoms with Crippen molar-refractivity contribution >= 4 is 35.8 Å². The molecule has 0 bridgehead atoms. The molecule has 0 radical (unpaired) electrons. The van der Waals surface area contributed by atoms with Gasteiger partial charge in [0.2, 0.25) is 0 Å². The molecule has 1 fully saturated rings. The van der Waals surface area contributed by atoms with Crippen LogP contribution in [0.3, 0.4) is 0 Å². The minimum Gasteiger partial charge on any atom is -0.356 e. The quantitative estimate of drug-likeness (QED) is 0.370. The molecule has 0 atom stereocenters. The molecule has 0 unspecified atom stereocenters. The lowest BCUT2D eigenvalue weighted by Gasteiger charge is -2.37. The van der Waals surface area contributed by atoms with Gasteiger partial charge in [-0.05, 0) is 30.0 Å². The van der Waals surface area contributed by atoms with Gasteiger partial charge in [-0.1, -0.05) is 26.0 Å².